The van der Waals surface area contributed by atoms with E-state index in [1.807, 2.05) is 41.0 Å². The molecule has 0 unspecified atom stereocenters. The van der Waals surface area contributed by atoms with Crippen LogP contribution in [0.4, 0.5) is 10.5 Å². The third kappa shape index (κ3) is 4.16. The monoisotopic (exact) mass is 314 g/mol. The van der Waals surface area contributed by atoms with E-state index in [0.29, 0.717) is 11.6 Å². The van der Waals surface area contributed by atoms with Crippen molar-refractivity contribution < 1.29 is 4.79 Å². The highest BCUT2D eigenvalue weighted by molar-refractivity contribution is 5.75. The molecule has 0 saturated carbocycles. The molecule has 0 aliphatic carbocycles. The zero-order valence-electron chi connectivity index (χ0n) is 14.2. The molecule has 1 heterocycles. The minimum atomic E-state index is 0.137. The van der Waals surface area contributed by atoms with Gasteiger partial charge in [-0.2, -0.15) is 5.26 Å². The maximum atomic E-state index is 12.5. The van der Waals surface area contributed by atoms with E-state index < -0.39 is 0 Å². The first-order chi connectivity index (χ1) is 11.1. The van der Waals surface area contributed by atoms with Crippen molar-refractivity contribution in [2.24, 2.45) is 0 Å². The predicted molar refractivity (Wildman–Crippen MR) is 92.3 cm³/mol. The van der Waals surface area contributed by atoms with Crippen molar-refractivity contribution in [3.8, 4) is 6.07 Å². The van der Waals surface area contributed by atoms with Crippen LogP contribution in [-0.4, -0.2) is 47.5 Å². The van der Waals surface area contributed by atoms with Gasteiger partial charge in [0, 0.05) is 31.7 Å². The second-order valence-corrected chi connectivity index (χ2v) is 6.23. The van der Waals surface area contributed by atoms with Crippen molar-refractivity contribution in [1.29, 1.82) is 5.26 Å². The number of nitrogens with zero attached hydrogens (tertiary/aromatic N) is 3. The highest BCUT2D eigenvalue weighted by atomic mass is 16.2. The number of hydrogen-bond donors (Lipinski definition) is 1. The van der Waals surface area contributed by atoms with Gasteiger partial charge in [0.1, 0.15) is 6.07 Å². The lowest BCUT2D eigenvalue weighted by Gasteiger charge is -2.37. The van der Waals surface area contributed by atoms with E-state index in [4.69, 9.17) is 5.26 Å². The topological polar surface area (TPSA) is 59.4 Å². The summed E-state index contributed by atoms with van der Waals surface area (Å²) in [6.45, 7) is 8.38. The summed E-state index contributed by atoms with van der Waals surface area (Å²) in [5, 5.41) is 12.6. The van der Waals surface area contributed by atoms with Crippen LogP contribution in [-0.2, 0) is 0 Å². The predicted octanol–water partition coefficient (Wildman–Crippen LogP) is 3.28. The number of rotatable bonds is 4. The molecule has 23 heavy (non-hydrogen) atoms. The highest BCUT2D eigenvalue weighted by Crippen LogP contribution is 2.20. The van der Waals surface area contributed by atoms with Crippen LogP contribution in [0.25, 0.3) is 0 Å². The lowest BCUT2D eigenvalue weighted by atomic mass is 10.0. The molecule has 2 amide bonds. The SMILES string of the molecule is CCN(C(=O)N1CCC(Nc2ccccc2C#N)CC1)C(C)C. The molecule has 124 valence electrons. The summed E-state index contributed by atoms with van der Waals surface area (Å²) in [5.41, 5.74) is 1.56. The Morgan fingerprint density at radius 2 is 2.04 bits per heavy atom. The lowest BCUT2D eigenvalue weighted by Crippen LogP contribution is -2.50. The van der Waals surface area contributed by atoms with Gasteiger partial charge in [0.25, 0.3) is 0 Å². The standard InChI is InChI=1S/C18H26N4O/c1-4-22(14(2)3)18(23)21-11-9-16(10-12-21)20-17-8-6-5-7-15(17)13-19/h5-8,14,16,20H,4,9-12H2,1-3H3. The Kier molecular flexibility index (Phi) is 5.86. The van der Waals surface area contributed by atoms with E-state index in [2.05, 4.69) is 25.2 Å². The van der Waals surface area contributed by atoms with E-state index in [9.17, 15) is 4.79 Å². The van der Waals surface area contributed by atoms with Gasteiger partial charge in [-0.1, -0.05) is 12.1 Å². The van der Waals surface area contributed by atoms with E-state index >= 15 is 0 Å². The Labute approximate surface area is 138 Å². The molecule has 1 aliphatic heterocycles. The molecule has 0 aromatic heterocycles. The Morgan fingerprint density at radius 1 is 1.39 bits per heavy atom. The first-order valence-corrected chi connectivity index (χ1v) is 8.38. The molecule has 1 saturated heterocycles. The van der Waals surface area contributed by atoms with Crippen molar-refractivity contribution >= 4 is 11.7 Å². The third-order valence-corrected chi connectivity index (χ3v) is 4.38. The molecule has 5 nitrogen and oxygen atoms in total. The molecule has 0 radical (unpaired) electrons. The van der Waals surface area contributed by atoms with Gasteiger partial charge < -0.3 is 15.1 Å². The first-order valence-electron chi connectivity index (χ1n) is 8.38. The second kappa shape index (κ2) is 7.87. The normalized spacial score (nSPS) is 15.3. The van der Waals surface area contributed by atoms with Gasteiger partial charge in [-0.05, 0) is 45.7 Å². The van der Waals surface area contributed by atoms with Crippen molar-refractivity contribution in [2.75, 3.05) is 25.0 Å². The fourth-order valence-corrected chi connectivity index (χ4v) is 3.04. The van der Waals surface area contributed by atoms with E-state index in [1.165, 1.54) is 0 Å². The number of hydrogen-bond acceptors (Lipinski definition) is 3. The largest absolute Gasteiger partial charge is 0.381 e. The van der Waals surface area contributed by atoms with Gasteiger partial charge in [0.05, 0.1) is 11.3 Å². The number of nitrogens with one attached hydrogen (secondary N) is 1. The molecule has 1 aromatic carbocycles. The molecular weight excluding hydrogens is 288 g/mol. The number of benzene rings is 1. The zero-order chi connectivity index (χ0) is 16.8. The third-order valence-electron chi connectivity index (χ3n) is 4.38. The summed E-state index contributed by atoms with van der Waals surface area (Å²) in [5.74, 6) is 0. The van der Waals surface area contributed by atoms with Crippen LogP contribution >= 0.6 is 0 Å². The number of piperidine rings is 1. The lowest BCUT2D eigenvalue weighted by molar-refractivity contribution is 0.132. The van der Waals surface area contributed by atoms with Gasteiger partial charge >= 0.3 is 6.03 Å². The fourth-order valence-electron chi connectivity index (χ4n) is 3.04. The molecule has 1 fully saturated rings. The van der Waals surface area contributed by atoms with Crippen molar-refractivity contribution in [3.05, 3.63) is 29.8 Å². The molecule has 2 rings (SSSR count). The Bertz CT molecular complexity index is 571. The fraction of sp³-hybridized carbons (Fsp3) is 0.556. The average Bonchev–Trinajstić information content (AvgIpc) is 2.56. The number of anilines is 1. The summed E-state index contributed by atoms with van der Waals surface area (Å²) < 4.78 is 0. The van der Waals surface area contributed by atoms with Crippen molar-refractivity contribution in [3.63, 3.8) is 0 Å². The van der Waals surface area contributed by atoms with E-state index in [1.54, 1.807) is 0 Å². The quantitative estimate of drug-likeness (QED) is 0.927. The number of likely N-dealkylation sites (tertiary alicyclic amines) is 1. The molecule has 1 aliphatic rings. The summed E-state index contributed by atoms with van der Waals surface area (Å²) in [7, 11) is 0. The number of carbonyl (C=O) groups is 1. The molecule has 0 spiro atoms. The highest BCUT2D eigenvalue weighted by Gasteiger charge is 2.27. The Hall–Kier alpha value is -2.22. The van der Waals surface area contributed by atoms with Crippen LogP contribution in [0.3, 0.4) is 0 Å². The maximum Gasteiger partial charge on any atom is 0.320 e. The van der Waals surface area contributed by atoms with Crippen LogP contribution in [0.5, 0.6) is 0 Å². The minimum absolute atomic E-state index is 0.137. The number of amides is 2. The Morgan fingerprint density at radius 3 is 2.61 bits per heavy atom. The van der Waals surface area contributed by atoms with Crippen LogP contribution in [0.15, 0.2) is 24.3 Å². The Balaban J connectivity index is 1.91. The van der Waals surface area contributed by atoms with Gasteiger partial charge in [-0.25, -0.2) is 4.79 Å². The molecule has 0 atom stereocenters. The zero-order valence-corrected chi connectivity index (χ0v) is 14.2. The molecule has 5 heteroatoms. The maximum absolute atomic E-state index is 12.5. The average molecular weight is 314 g/mol. The van der Waals surface area contributed by atoms with E-state index in [0.717, 1.165) is 38.2 Å². The summed E-state index contributed by atoms with van der Waals surface area (Å²) in [4.78, 5) is 16.4. The van der Waals surface area contributed by atoms with Crippen molar-refractivity contribution in [1.82, 2.24) is 9.80 Å². The van der Waals surface area contributed by atoms with Crippen LogP contribution in [0.2, 0.25) is 0 Å². The van der Waals surface area contributed by atoms with Crippen molar-refractivity contribution in [2.45, 2.75) is 45.7 Å². The number of urea groups is 1. The second-order valence-electron chi connectivity index (χ2n) is 6.23. The van der Waals surface area contributed by atoms with Gasteiger partial charge in [0.15, 0.2) is 0 Å². The summed E-state index contributed by atoms with van der Waals surface area (Å²) in [6.07, 6.45) is 1.81. The van der Waals surface area contributed by atoms with E-state index in [-0.39, 0.29) is 12.1 Å². The first kappa shape index (κ1) is 17.1. The van der Waals surface area contributed by atoms with Gasteiger partial charge in [0.2, 0.25) is 0 Å². The molecule has 1 aromatic rings. The van der Waals surface area contributed by atoms with Gasteiger partial charge in [-0.15, -0.1) is 0 Å². The van der Waals surface area contributed by atoms with Crippen LogP contribution in [0.1, 0.15) is 39.2 Å². The molecule has 1 N–H and O–H groups in total. The number of nitriles is 1. The van der Waals surface area contributed by atoms with Gasteiger partial charge in [-0.3, -0.25) is 0 Å². The van der Waals surface area contributed by atoms with Crippen LogP contribution in [0, 0.1) is 11.3 Å². The molecule has 0 bridgehead atoms. The summed E-state index contributed by atoms with van der Waals surface area (Å²) in [6, 6.07) is 10.5. The van der Waals surface area contributed by atoms with Crippen LogP contribution < -0.4 is 5.32 Å². The minimum Gasteiger partial charge on any atom is -0.381 e. The number of carbonyl (C=O) groups excluding carboxylic acids is 1. The smallest absolute Gasteiger partial charge is 0.320 e. The summed E-state index contributed by atoms with van der Waals surface area (Å²) >= 11 is 0. The molecular formula is C18H26N4O. The number of para-hydroxylation sites is 1.